The van der Waals surface area contributed by atoms with Gasteiger partial charge in [-0.05, 0) is 31.9 Å². The number of aryl methyl sites for hydroxylation is 3. The summed E-state index contributed by atoms with van der Waals surface area (Å²) in [6.45, 7) is 7.47. The normalized spacial score (nSPS) is 15.9. The third kappa shape index (κ3) is 4.38. The Morgan fingerprint density at radius 1 is 1.04 bits per heavy atom. The van der Waals surface area contributed by atoms with Crippen molar-refractivity contribution in [2.75, 3.05) is 32.8 Å². The molecule has 0 atom stereocenters. The zero-order valence-electron chi connectivity index (χ0n) is 15.0. The summed E-state index contributed by atoms with van der Waals surface area (Å²) >= 11 is 0. The van der Waals surface area contributed by atoms with E-state index in [1.54, 1.807) is 13.8 Å². The van der Waals surface area contributed by atoms with E-state index in [2.05, 4.69) is 0 Å². The van der Waals surface area contributed by atoms with Crippen LogP contribution in [0.5, 0.6) is 0 Å². The number of benzene rings is 1. The van der Waals surface area contributed by atoms with Crippen molar-refractivity contribution in [1.29, 1.82) is 0 Å². The molecule has 1 aliphatic rings. The maximum atomic E-state index is 13.0. The first kappa shape index (κ1) is 19.4. The van der Waals surface area contributed by atoms with Crippen molar-refractivity contribution in [2.45, 2.75) is 32.6 Å². The lowest BCUT2D eigenvalue weighted by Crippen LogP contribution is -2.51. The fourth-order valence-electron chi connectivity index (χ4n) is 3.14. The minimum Gasteiger partial charge on any atom is -0.456 e. The first-order chi connectivity index (χ1) is 11.6. The Morgan fingerprint density at radius 2 is 1.56 bits per heavy atom. The van der Waals surface area contributed by atoms with Crippen LogP contribution in [0, 0.1) is 20.8 Å². The van der Waals surface area contributed by atoms with Gasteiger partial charge in [0, 0.05) is 33.1 Å². The summed E-state index contributed by atoms with van der Waals surface area (Å²) in [5.41, 5.74) is 2.48. The molecule has 25 heavy (non-hydrogen) atoms. The number of ether oxygens (including phenoxy) is 1. The van der Waals surface area contributed by atoms with Crippen molar-refractivity contribution in [1.82, 2.24) is 9.21 Å². The number of sulfonamides is 1. The molecular formula is C17H24N2O5S. The summed E-state index contributed by atoms with van der Waals surface area (Å²) in [6.07, 6.45) is 0. The molecule has 1 aromatic carbocycles. The van der Waals surface area contributed by atoms with E-state index >= 15 is 0 Å². The van der Waals surface area contributed by atoms with Gasteiger partial charge < -0.3 is 9.64 Å². The van der Waals surface area contributed by atoms with E-state index in [0.717, 1.165) is 16.7 Å². The second-order valence-corrected chi connectivity index (χ2v) is 8.17. The van der Waals surface area contributed by atoms with Crippen molar-refractivity contribution in [3.05, 3.63) is 28.8 Å². The van der Waals surface area contributed by atoms with Crippen molar-refractivity contribution in [3.8, 4) is 0 Å². The molecule has 0 aromatic heterocycles. The van der Waals surface area contributed by atoms with Crippen LogP contribution in [0.25, 0.3) is 0 Å². The van der Waals surface area contributed by atoms with Crippen LogP contribution < -0.4 is 0 Å². The number of hydrogen-bond acceptors (Lipinski definition) is 5. The van der Waals surface area contributed by atoms with Gasteiger partial charge in [-0.25, -0.2) is 8.42 Å². The fraction of sp³-hybridized carbons (Fsp3) is 0.529. The zero-order valence-corrected chi connectivity index (χ0v) is 15.9. The largest absolute Gasteiger partial charge is 0.456 e. The molecule has 0 N–H and O–H groups in total. The van der Waals surface area contributed by atoms with Gasteiger partial charge in [0.25, 0.3) is 5.91 Å². The van der Waals surface area contributed by atoms with Gasteiger partial charge in [-0.1, -0.05) is 17.7 Å². The molecule has 0 saturated carbocycles. The van der Waals surface area contributed by atoms with Gasteiger partial charge in [0.2, 0.25) is 10.0 Å². The fourth-order valence-corrected chi connectivity index (χ4v) is 4.97. The maximum Gasteiger partial charge on any atom is 0.303 e. The van der Waals surface area contributed by atoms with Crippen LogP contribution >= 0.6 is 0 Å². The van der Waals surface area contributed by atoms with E-state index in [1.807, 2.05) is 19.1 Å². The Morgan fingerprint density at radius 3 is 2.04 bits per heavy atom. The minimum absolute atomic E-state index is 0.223. The van der Waals surface area contributed by atoms with Gasteiger partial charge in [-0.3, -0.25) is 9.59 Å². The number of carbonyl (C=O) groups is 2. The molecule has 2 rings (SSSR count). The van der Waals surface area contributed by atoms with Gasteiger partial charge in [-0.2, -0.15) is 4.31 Å². The average molecular weight is 368 g/mol. The van der Waals surface area contributed by atoms with Crippen LogP contribution in [0.4, 0.5) is 0 Å². The van der Waals surface area contributed by atoms with Crippen molar-refractivity contribution >= 4 is 21.9 Å². The van der Waals surface area contributed by atoms with E-state index in [0.29, 0.717) is 4.90 Å². The van der Waals surface area contributed by atoms with Gasteiger partial charge in [0.05, 0.1) is 4.90 Å². The van der Waals surface area contributed by atoms with Gasteiger partial charge >= 0.3 is 5.97 Å². The van der Waals surface area contributed by atoms with Gasteiger partial charge in [-0.15, -0.1) is 0 Å². The van der Waals surface area contributed by atoms with Crippen LogP contribution in [-0.4, -0.2) is 62.3 Å². The number of amides is 1. The van der Waals surface area contributed by atoms with Crippen LogP contribution in [0.1, 0.15) is 23.6 Å². The maximum absolute atomic E-state index is 13.0. The molecule has 7 nitrogen and oxygen atoms in total. The smallest absolute Gasteiger partial charge is 0.303 e. The number of piperazine rings is 1. The van der Waals surface area contributed by atoms with Crippen molar-refractivity contribution in [3.63, 3.8) is 0 Å². The van der Waals surface area contributed by atoms with E-state index in [9.17, 15) is 18.0 Å². The Bertz CT molecular complexity index is 757. The summed E-state index contributed by atoms with van der Waals surface area (Å²) in [6, 6.07) is 3.72. The van der Waals surface area contributed by atoms with E-state index in [4.69, 9.17) is 4.74 Å². The van der Waals surface area contributed by atoms with Gasteiger partial charge in [0.1, 0.15) is 0 Å². The zero-order chi connectivity index (χ0) is 18.8. The highest BCUT2D eigenvalue weighted by Crippen LogP contribution is 2.26. The SMILES string of the molecule is CC(=O)OCC(=O)N1CCN(S(=O)(=O)c2c(C)cc(C)cc2C)CC1. The summed E-state index contributed by atoms with van der Waals surface area (Å²) in [4.78, 5) is 24.6. The molecule has 8 heteroatoms. The van der Waals surface area contributed by atoms with Crippen LogP contribution in [-0.2, 0) is 24.3 Å². The molecule has 0 aliphatic carbocycles. The van der Waals surface area contributed by atoms with Crippen molar-refractivity contribution in [2.24, 2.45) is 0 Å². The Balaban J connectivity index is 2.10. The monoisotopic (exact) mass is 368 g/mol. The molecule has 138 valence electrons. The van der Waals surface area contributed by atoms with Crippen LogP contribution in [0.3, 0.4) is 0 Å². The molecule has 0 radical (unpaired) electrons. The molecule has 0 unspecified atom stereocenters. The topological polar surface area (TPSA) is 84.0 Å². The van der Waals surface area contributed by atoms with Crippen molar-refractivity contribution < 1.29 is 22.7 Å². The highest BCUT2D eigenvalue weighted by atomic mass is 32.2. The Labute approximate surface area is 148 Å². The first-order valence-corrected chi connectivity index (χ1v) is 9.56. The second kappa shape index (κ2) is 7.53. The van der Waals surface area contributed by atoms with E-state index in [1.165, 1.54) is 16.1 Å². The molecular weight excluding hydrogens is 344 g/mol. The summed E-state index contributed by atoms with van der Waals surface area (Å²) < 4.78 is 32.1. The third-order valence-corrected chi connectivity index (χ3v) is 6.40. The standard InChI is InChI=1S/C17H24N2O5S/c1-12-9-13(2)17(14(3)10-12)25(22,23)19-7-5-18(6-8-19)16(21)11-24-15(4)20/h9-10H,5-8,11H2,1-4H3. The molecule has 0 spiro atoms. The molecule has 0 bridgehead atoms. The van der Waals surface area contributed by atoms with Gasteiger partial charge in [0.15, 0.2) is 6.61 Å². The molecule has 1 aliphatic heterocycles. The highest BCUT2D eigenvalue weighted by molar-refractivity contribution is 7.89. The highest BCUT2D eigenvalue weighted by Gasteiger charge is 2.32. The number of esters is 1. The number of carbonyl (C=O) groups excluding carboxylic acids is 2. The predicted molar refractivity (Wildman–Crippen MR) is 92.6 cm³/mol. The predicted octanol–water partition coefficient (Wildman–Crippen LogP) is 1.01. The summed E-state index contributed by atoms with van der Waals surface area (Å²) in [5.74, 6) is -0.824. The Hall–Kier alpha value is -1.93. The molecule has 1 saturated heterocycles. The average Bonchev–Trinajstić information content (AvgIpc) is 2.51. The molecule has 1 fully saturated rings. The third-order valence-electron chi connectivity index (χ3n) is 4.19. The van der Waals surface area contributed by atoms with E-state index in [-0.39, 0.29) is 38.7 Å². The molecule has 1 heterocycles. The lowest BCUT2D eigenvalue weighted by Gasteiger charge is -2.34. The quantitative estimate of drug-likeness (QED) is 0.741. The van der Waals surface area contributed by atoms with E-state index < -0.39 is 16.0 Å². The number of hydrogen-bond donors (Lipinski definition) is 0. The summed E-state index contributed by atoms with van der Waals surface area (Å²) in [5, 5.41) is 0. The lowest BCUT2D eigenvalue weighted by atomic mass is 10.1. The molecule has 1 aromatic rings. The van der Waals surface area contributed by atoms with Crippen LogP contribution in [0.2, 0.25) is 0 Å². The second-order valence-electron chi connectivity index (χ2n) is 6.29. The van der Waals surface area contributed by atoms with Crippen LogP contribution in [0.15, 0.2) is 17.0 Å². The number of nitrogens with zero attached hydrogens (tertiary/aromatic N) is 2. The molecule has 1 amide bonds. The number of rotatable bonds is 4. The minimum atomic E-state index is -3.60. The first-order valence-electron chi connectivity index (χ1n) is 8.12. The Kier molecular flexibility index (Phi) is 5.84. The lowest BCUT2D eigenvalue weighted by molar-refractivity contribution is -0.150. The summed E-state index contributed by atoms with van der Waals surface area (Å²) in [7, 11) is -3.60.